The molecule has 11 heteroatoms. The number of nitrogens with one attached hydrogen (secondary N) is 1. The van der Waals surface area contributed by atoms with Crippen LogP contribution < -0.4 is 5.32 Å². The number of thiophene rings is 1. The van der Waals surface area contributed by atoms with Crippen molar-refractivity contribution in [3.05, 3.63) is 46.6 Å². The van der Waals surface area contributed by atoms with Crippen molar-refractivity contribution >= 4 is 40.5 Å². The number of nitrogens with zero attached hydrogens (tertiary/aromatic N) is 4. The SMILES string of the molecule is C[C@@H](OC(=O)Cn1nnc(-c2cccs2)n1)C(=O)Nc1ccc(F)c(Cl)c1. The molecule has 0 aliphatic heterocycles. The van der Waals surface area contributed by atoms with E-state index in [4.69, 9.17) is 16.3 Å². The molecule has 2 heterocycles. The number of benzene rings is 1. The van der Waals surface area contributed by atoms with Crippen LogP contribution in [-0.4, -0.2) is 38.2 Å². The molecule has 0 saturated carbocycles. The molecular formula is C16H13ClFN5O3S. The summed E-state index contributed by atoms with van der Waals surface area (Å²) >= 11 is 7.10. The number of halogens is 2. The number of aromatic nitrogens is 4. The lowest BCUT2D eigenvalue weighted by Crippen LogP contribution is -2.31. The monoisotopic (exact) mass is 409 g/mol. The molecule has 0 aliphatic carbocycles. The predicted molar refractivity (Wildman–Crippen MR) is 96.7 cm³/mol. The van der Waals surface area contributed by atoms with E-state index in [0.717, 1.165) is 15.7 Å². The van der Waals surface area contributed by atoms with E-state index in [-0.39, 0.29) is 17.3 Å². The van der Waals surface area contributed by atoms with Gasteiger partial charge < -0.3 is 10.1 Å². The molecule has 1 N–H and O–H groups in total. The van der Waals surface area contributed by atoms with Gasteiger partial charge in [-0.2, -0.15) is 4.80 Å². The maximum atomic E-state index is 13.1. The fourth-order valence-electron chi connectivity index (χ4n) is 2.04. The minimum atomic E-state index is -1.08. The Morgan fingerprint density at radius 3 is 2.93 bits per heavy atom. The lowest BCUT2D eigenvalue weighted by Gasteiger charge is -2.13. The van der Waals surface area contributed by atoms with Crippen molar-refractivity contribution in [2.45, 2.75) is 19.6 Å². The molecule has 0 bridgehead atoms. The van der Waals surface area contributed by atoms with Crippen LogP contribution in [0.25, 0.3) is 10.7 Å². The van der Waals surface area contributed by atoms with Crippen molar-refractivity contribution in [1.82, 2.24) is 20.2 Å². The van der Waals surface area contributed by atoms with Crippen molar-refractivity contribution in [2.24, 2.45) is 0 Å². The third-order valence-corrected chi connectivity index (χ3v) is 4.48. The Morgan fingerprint density at radius 1 is 1.41 bits per heavy atom. The summed E-state index contributed by atoms with van der Waals surface area (Å²) in [7, 11) is 0. The molecule has 1 atom stereocenters. The summed E-state index contributed by atoms with van der Waals surface area (Å²) < 4.78 is 18.2. The number of hydrogen-bond acceptors (Lipinski definition) is 7. The lowest BCUT2D eigenvalue weighted by molar-refractivity contribution is -0.154. The van der Waals surface area contributed by atoms with Crippen LogP contribution in [0.5, 0.6) is 0 Å². The van der Waals surface area contributed by atoms with Gasteiger partial charge in [-0.3, -0.25) is 4.79 Å². The Hall–Kier alpha value is -2.85. The normalized spacial score (nSPS) is 11.8. The number of ether oxygens (including phenoxy) is 1. The number of carbonyl (C=O) groups is 2. The molecule has 0 radical (unpaired) electrons. The summed E-state index contributed by atoms with van der Waals surface area (Å²) in [6, 6.07) is 7.41. The quantitative estimate of drug-likeness (QED) is 0.628. The van der Waals surface area contributed by atoms with Gasteiger partial charge in [-0.25, -0.2) is 9.18 Å². The summed E-state index contributed by atoms with van der Waals surface area (Å²) in [6.45, 7) is 1.11. The van der Waals surface area contributed by atoms with Crippen LogP contribution >= 0.6 is 22.9 Å². The molecule has 27 heavy (non-hydrogen) atoms. The highest BCUT2D eigenvalue weighted by Gasteiger charge is 2.19. The first-order chi connectivity index (χ1) is 12.9. The standard InChI is InChI=1S/C16H13ClFN5O3S/c1-9(16(25)19-10-4-5-12(18)11(17)7-10)26-14(24)8-23-21-15(20-22-23)13-3-2-6-27-13/h2-7,9H,8H2,1H3,(H,19,25)/t9-/m1/s1. The summed E-state index contributed by atoms with van der Waals surface area (Å²) in [5, 5.41) is 16.0. The number of amides is 1. The number of carbonyl (C=O) groups excluding carboxylic acids is 2. The predicted octanol–water partition coefficient (Wildman–Crippen LogP) is 2.76. The van der Waals surface area contributed by atoms with E-state index in [0.29, 0.717) is 5.82 Å². The maximum Gasteiger partial charge on any atom is 0.330 e. The van der Waals surface area contributed by atoms with E-state index in [1.165, 1.54) is 30.4 Å². The van der Waals surface area contributed by atoms with E-state index in [1.807, 2.05) is 17.5 Å². The Morgan fingerprint density at radius 2 is 2.22 bits per heavy atom. The van der Waals surface area contributed by atoms with Gasteiger partial charge in [-0.15, -0.1) is 21.5 Å². The van der Waals surface area contributed by atoms with E-state index in [2.05, 4.69) is 20.7 Å². The number of hydrogen-bond donors (Lipinski definition) is 1. The number of anilines is 1. The van der Waals surface area contributed by atoms with Crippen LogP contribution in [0.4, 0.5) is 10.1 Å². The first-order valence-corrected chi connectivity index (χ1v) is 8.95. The number of tetrazole rings is 1. The molecule has 2 aromatic heterocycles. The second-order valence-electron chi connectivity index (χ2n) is 5.37. The topological polar surface area (TPSA) is 99.0 Å². The first-order valence-electron chi connectivity index (χ1n) is 7.69. The van der Waals surface area contributed by atoms with Crippen LogP contribution in [0, 0.1) is 5.82 Å². The Bertz CT molecular complexity index is 963. The van der Waals surface area contributed by atoms with Crippen molar-refractivity contribution < 1.29 is 18.7 Å². The number of esters is 1. The fourth-order valence-corrected chi connectivity index (χ4v) is 2.86. The van der Waals surface area contributed by atoms with Gasteiger partial charge in [-0.05, 0) is 41.8 Å². The minimum absolute atomic E-state index is 0.128. The fraction of sp³-hybridized carbons (Fsp3) is 0.188. The van der Waals surface area contributed by atoms with E-state index >= 15 is 0 Å². The molecule has 140 valence electrons. The zero-order valence-corrected chi connectivity index (χ0v) is 15.5. The zero-order valence-electron chi connectivity index (χ0n) is 13.9. The average molecular weight is 410 g/mol. The Kier molecular flexibility index (Phi) is 5.77. The van der Waals surface area contributed by atoms with E-state index in [9.17, 15) is 14.0 Å². The van der Waals surface area contributed by atoms with Gasteiger partial charge in [0.05, 0.1) is 9.90 Å². The van der Waals surface area contributed by atoms with Crippen molar-refractivity contribution in [2.75, 3.05) is 5.32 Å². The zero-order chi connectivity index (χ0) is 19.4. The molecule has 3 rings (SSSR count). The van der Waals surface area contributed by atoms with Gasteiger partial charge in [0.15, 0.2) is 12.6 Å². The molecule has 1 aromatic carbocycles. The highest BCUT2D eigenvalue weighted by atomic mass is 35.5. The van der Waals surface area contributed by atoms with Crippen LogP contribution in [0.2, 0.25) is 5.02 Å². The molecule has 8 nitrogen and oxygen atoms in total. The van der Waals surface area contributed by atoms with Crippen LogP contribution in [0.1, 0.15) is 6.92 Å². The van der Waals surface area contributed by atoms with Crippen molar-refractivity contribution in [1.29, 1.82) is 0 Å². The van der Waals surface area contributed by atoms with Gasteiger partial charge >= 0.3 is 5.97 Å². The van der Waals surface area contributed by atoms with Gasteiger partial charge in [0, 0.05) is 5.69 Å². The summed E-state index contributed by atoms with van der Waals surface area (Å²) in [5.41, 5.74) is 0.285. The molecule has 1 amide bonds. The third kappa shape index (κ3) is 4.86. The van der Waals surface area contributed by atoms with Crippen LogP contribution in [0.3, 0.4) is 0 Å². The van der Waals surface area contributed by atoms with Gasteiger partial charge in [0.1, 0.15) is 5.82 Å². The second-order valence-corrected chi connectivity index (χ2v) is 6.73. The molecular weight excluding hydrogens is 397 g/mol. The summed E-state index contributed by atoms with van der Waals surface area (Å²) in [6.07, 6.45) is -1.08. The third-order valence-electron chi connectivity index (χ3n) is 3.33. The highest BCUT2D eigenvalue weighted by Crippen LogP contribution is 2.20. The maximum absolute atomic E-state index is 13.1. The second kappa shape index (κ2) is 8.23. The molecule has 0 saturated heterocycles. The van der Waals surface area contributed by atoms with E-state index in [1.54, 1.807) is 0 Å². The van der Waals surface area contributed by atoms with Gasteiger partial charge in [-0.1, -0.05) is 17.7 Å². The van der Waals surface area contributed by atoms with E-state index < -0.39 is 23.8 Å². The largest absolute Gasteiger partial charge is 0.451 e. The highest BCUT2D eigenvalue weighted by molar-refractivity contribution is 7.13. The van der Waals surface area contributed by atoms with Crippen LogP contribution in [0.15, 0.2) is 35.7 Å². The molecule has 0 aliphatic rings. The summed E-state index contributed by atoms with van der Waals surface area (Å²) in [4.78, 5) is 26.0. The van der Waals surface area contributed by atoms with Crippen LogP contribution in [-0.2, 0) is 20.9 Å². The number of rotatable bonds is 6. The van der Waals surface area contributed by atoms with Gasteiger partial charge in [0.2, 0.25) is 5.82 Å². The minimum Gasteiger partial charge on any atom is -0.451 e. The van der Waals surface area contributed by atoms with Gasteiger partial charge in [0.25, 0.3) is 5.91 Å². The summed E-state index contributed by atoms with van der Waals surface area (Å²) in [5.74, 6) is -1.49. The Balaban J connectivity index is 1.53. The molecule has 0 fully saturated rings. The smallest absolute Gasteiger partial charge is 0.330 e. The van der Waals surface area contributed by atoms with Crippen molar-refractivity contribution in [3.63, 3.8) is 0 Å². The molecule has 3 aromatic rings. The van der Waals surface area contributed by atoms with Crippen molar-refractivity contribution in [3.8, 4) is 10.7 Å². The average Bonchev–Trinajstić information content (AvgIpc) is 3.29. The lowest BCUT2D eigenvalue weighted by atomic mass is 10.3. The molecule has 0 unspecified atom stereocenters. The first kappa shape index (κ1) is 18.9. The molecule has 0 spiro atoms. The Labute approximate surface area is 161 Å².